The minimum atomic E-state index is -0.886. The Morgan fingerprint density at radius 1 is 1.09 bits per heavy atom. The summed E-state index contributed by atoms with van der Waals surface area (Å²) in [6, 6.07) is 0. The van der Waals surface area contributed by atoms with Crippen LogP contribution in [0, 0.1) is 29.6 Å². The second kappa shape index (κ2) is 19.7. The molecule has 1 aliphatic heterocycles. The third-order valence-electron chi connectivity index (χ3n) is 7.68. The Balaban J connectivity index is 2.67. The Bertz CT molecular complexity index is 1170. The number of Topliss-reactive ketones (excluding diaryl/α,β-unsaturated/α-hetero) is 1. The van der Waals surface area contributed by atoms with E-state index in [-0.39, 0.29) is 35.6 Å². The van der Waals surface area contributed by atoms with Gasteiger partial charge in [0.15, 0.2) is 6.61 Å². The molecule has 0 unspecified atom stereocenters. The van der Waals surface area contributed by atoms with Crippen molar-refractivity contribution in [1.29, 1.82) is 0 Å². The van der Waals surface area contributed by atoms with Crippen LogP contribution < -0.4 is 0 Å². The fourth-order valence-corrected chi connectivity index (χ4v) is 4.97. The molecule has 1 N–H and O–H groups in total. The van der Waals surface area contributed by atoms with Crippen LogP contribution in [0.5, 0.6) is 0 Å². The van der Waals surface area contributed by atoms with E-state index in [0.717, 1.165) is 18.4 Å². The molecule has 0 aromatic heterocycles. The van der Waals surface area contributed by atoms with Gasteiger partial charge in [-0.05, 0) is 51.0 Å². The van der Waals surface area contributed by atoms with Gasteiger partial charge in [-0.15, -0.1) is 0 Å². The first-order valence-electron chi connectivity index (χ1n) is 15.4. The molecule has 0 aliphatic carbocycles. The van der Waals surface area contributed by atoms with E-state index >= 15 is 0 Å². The molecule has 44 heavy (non-hydrogen) atoms. The van der Waals surface area contributed by atoms with Crippen molar-refractivity contribution in [3.63, 3.8) is 0 Å². The van der Waals surface area contributed by atoms with Gasteiger partial charge in [-0.3, -0.25) is 4.79 Å². The van der Waals surface area contributed by atoms with Crippen molar-refractivity contribution in [3.05, 3.63) is 71.4 Å². The maximum absolute atomic E-state index is 13.1. The van der Waals surface area contributed by atoms with Gasteiger partial charge in [-0.2, -0.15) is 0 Å². The van der Waals surface area contributed by atoms with Gasteiger partial charge in [-0.1, -0.05) is 94.7 Å². The van der Waals surface area contributed by atoms with Crippen molar-refractivity contribution < 1.29 is 38.5 Å². The van der Waals surface area contributed by atoms with E-state index in [1.807, 2.05) is 58.1 Å². The normalized spacial score (nSPS) is 21.5. The molecule has 0 saturated carbocycles. The Labute approximate surface area is 263 Å². The van der Waals surface area contributed by atoms with Crippen LogP contribution in [-0.2, 0) is 33.4 Å². The number of esters is 3. The summed E-state index contributed by atoms with van der Waals surface area (Å²) in [5.74, 6) is -2.46. The summed E-state index contributed by atoms with van der Waals surface area (Å²) >= 11 is 0. The number of aliphatic hydroxyl groups excluding tert-OH is 1. The summed E-state index contributed by atoms with van der Waals surface area (Å²) < 4.78 is 14.7. The predicted molar refractivity (Wildman–Crippen MR) is 172 cm³/mol. The largest absolute Gasteiger partial charge is 0.466 e. The van der Waals surface area contributed by atoms with Crippen LogP contribution in [-0.4, -0.2) is 54.7 Å². The lowest BCUT2D eigenvalue weighted by Crippen LogP contribution is -2.34. The number of hydrogen-bond donors (Lipinski definition) is 1. The molecule has 0 saturated heterocycles. The number of methoxy groups -OCH3 is 1. The van der Waals surface area contributed by atoms with Crippen LogP contribution in [0.25, 0.3) is 0 Å². The van der Waals surface area contributed by atoms with Gasteiger partial charge in [0.1, 0.15) is 11.9 Å². The SMILES string of the molecule is CCC(C=C[C@@H]1OC(=O)C=C[C@@H]1C)=C[C@H](C)CC=CC(C)=C[C@@H](C)C(=O)[C@@H](C)[C@H](O)[C@@H](C)CC(C)=CC(=O)OCC(=O)OC. The molecular formula is C36H52O8. The average Bonchev–Trinajstić information content (AvgIpc) is 2.97. The van der Waals surface area contributed by atoms with Gasteiger partial charge < -0.3 is 19.3 Å². The first kappa shape index (κ1) is 38.5. The summed E-state index contributed by atoms with van der Waals surface area (Å²) in [4.78, 5) is 47.7. The van der Waals surface area contributed by atoms with Crippen molar-refractivity contribution in [2.45, 2.75) is 86.9 Å². The topological polar surface area (TPSA) is 116 Å². The summed E-state index contributed by atoms with van der Waals surface area (Å²) in [5, 5.41) is 10.9. The van der Waals surface area contributed by atoms with Crippen LogP contribution in [0.2, 0.25) is 0 Å². The summed E-state index contributed by atoms with van der Waals surface area (Å²) in [7, 11) is 1.21. The highest BCUT2D eigenvalue weighted by Crippen LogP contribution is 2.24. The fourth-order valence-electron chi connectivity index (χ4n) is 4.97. The first-order chi connectivity index (χ1) is 20.7. The number of allylic oxidation sites excluding steroid dienone is 8. The molecule has 8 nitrogen and oxygen atoms in total. The first-order valence-corrected chi connectivity index (χ1v) is 15.4. The Morgan fingerprint density at radius 2 is 1.77 bits per heavy atom. The van der Waals surface area contributed by atoms with Gasteiger partial charge in [0, 0.05) is 29.9 Å². The molecule has 1 heterocycles. The predicted octanol–water partition coefficient (Wildman–Crippen LogP) is 6.42. The van der Waals surface area contributed by atoms with Crippen molar-refractivity contribution in [3.8, 4) is 0 Å². The quantitative estimate of drug-likeness (QED) is 0.0866. The van der Waals surface area contributed by atoms with Crippen LogP contribution in [0.4, 0.5) is 0 Å². The standard InChI is InChI=1S/C36H52O8/c1-10-30(15-16-31-26(5)14-17-32(37)44-31)20-24(3)13-11-12-23(2)18-27(6)35(40)29(8)36(41)28(7)19-25(4)21-33(38)43-22-34(39)42-9/h11-12,14-18,20-21,24,26-29,31,36,41H,10,13,19,22H2,1-9H3/t24-,26+,27-,28+,29-,31+,36-/m1/s1. The lowest BCUT2D eigenvalue weighted by atomic mass is 9.83. The molecule has 1 aliphatic rings. The van der Waals surface area contributed by atoms with Gasteiger partial charge in [0.2, 0.25) is 0 Å². The lowest BCUT2D eigenvalue weighted by molar-refractivity contribution is -0.154. The Kier molecular flexibility index (Phi) is 17.2. The molecule has 0 aromatic carbocycles. The maximum atomic E-state index is 13.1. The van der Waals surface area contributed by atoms with Crippen molar-refractivity contribution in [1.82, 2.24) is 0 Å². The maximum Gasteiger partial charge on any atom is 0.344 e. The second-order valence-electron chi connectivity index (χ2n) is 11.9. The number of ketones is 1. The molecule has 244 valence electrons. The van der Waals surface area contributed by atoms with E-state index in [0.29, 0.717) is 17.9 Å². The van der Waals surface area contributed by atoms with E-state index in [2.05, 4.69) is 30.7 Å². The molecule has 1 rings (SSSR count). The van der Waals surface area contributed by atoms with Gasteiger partial charge in [0.25, 0.3) is 0 Å². The number of aliphatic hydroxyl groups is 1. The minimum Gasteiger partial charge on any atom is -0.466 e. The van der Waals surface area contributed by atoms with E-state index in [4.69, 9.17) is 9.47 Å². The van der Waals surface area contributed by atoms with Crippen LogP contribution in [0.1, 0.15) is 74.7 Å². The smallest absolute Gasteiger partial charge is 0.344 e. The van der Waals surface area contributed by atoms with E-state index in [9.17, 15) is 24.3 Å². The summed E-state index contributed by atoms with van der Waals surface area (Å²) in [6.07, 6.45) is 17.8. The molecule has 0 radical (unpaired) electrons. The highest BCUT2D eigenvalue weighted by atomic mass is 16.6. The molecule has 0 fully saturated rings. The average molecular weight is 613 g/mol. The molecule has 8 heteroatoms. The summed E-state index contributed by atoms with van der Waals surface area (Å²) in [5.41, 5.74) is 2.83. The molecule has 0 bridgehead atoms. The van der Waals surface area contributed by atoms with Gasteiger partial charge >= 0.3 is 17.9 Å². The van der Waals surface area contributed by atoms with Gasteiger partial charge in [0.05, 0.1) is 13.2 Å². The third-order valence-corrected chi connectivity index (χ3v) is 7.68. The molecule has 0 aromatic rings. The number of ether oxygens (including phenoxy) is 3. The zero-order valence-corrected chi connectivity index (χ0v) is 27.9. The zero-order chi connectivity index (χ0) is 33.4. The number of carbonyl (C=O) groups is 4. The fraction of sp³-hybridized carbons (Fsp3) is 0.556. The van der Waals surface area contributed by atoms with Crippen molar-refractivity contribution >= 4 is 23.7 Å². The van der Waals surface area contributed by atoms with Crippen molar-refractivity contribution in [2.75, 3.05) is 13.7 Å². The molecule has 0 spiro atoms. The highest BCUT2D eigenvalue weighted by molar-refractivity contribution is 5.85. The number of carbonyl (C=O) groups excluding carboxylic acids is 4. The van der Waals surface area contributed by atoms with E-state index < -0.39 is 30.6 Å². The second-order valence-corrected chi connectivity index (χ2v) is 11.9. The lowest BCUT2D eigenvalue weighted by Gasteiger charge is -2.25. The minimum absolute atomic E-state index is 0.0552. The highest BCUT2D eigenvalue weighted by Gasteiger charge is 2.29. The third kappa shape index (κ3) is 14.3. The van der Waals surface area contributed by atoms with Crippen molar-refractivity contribution in [2.24, 2.45) is 29.6 Å². The van der Waals surface area contributed by atoms with Gasteiger partial charge in [-0.25, -0.2) is 14.4 Å². The van der Waals surface area contributed by atoms with Crippen LogP contribution >= 0.6 is 0 Å². The Hall–Kier alpha value is -3.52. The number of hydrogen-bond acceptors (Lipinski definition) is 8. The van der Waals surface area contributed by atoms with E-state index in [1.54, 1.807) is 13.8 Å². The molecular weight excluding hydrogens is 560 g/mol. The van der Waals surface area contributed by atoms with Crippen LogP contribution in [0.15, 0.2) is 71.4 Å². The summed E-state index contributed by atoms with van der Waals surface area (Å²) in [6.45, 7) is 14.9. The van der Waals surface area contributed by atoms with E-state index in [1.165, 1.54) is 24.8 Å². The molecule has 0 amide bonds. The molecule has 7 atom stereocenters. The monoisotopic (exact) mass is 612 g/mol. The number of rotatable bonds is 17. The Morgan fingerprint density at radius 3 is 2.41 bits per heavy atom. The number of cyclic esters (lactones) is 1. The van der Waals surface area contributed by atoms with Crippen LogP contribution in [0.3, 0.4) is 0 Å². The zero-order valence-electron chi connectivity index (χ0n) is 27.9.